The van der Waals surface area contributed by atoms with Crippen LogP contribution in [0.25, 0.3) is 0 Å². The standard InChI is InChI=1S/C27H42O3/c1-3-5-6-7-8-9-10-11-12-21-27(28)30-26-20-16-14-18-24(26)23-17-13-15-19-25(23)29-22-4-2/h4,13,15,17,19,24,26H,2-3,5-12,14,16,18,20-22H2,1H3/t24-,26+/m1/s1. The molecule has 168 valence electrons. The fourth-order valence-electron chi connectivity index (χ4n) is 4.47. The molecule has 0 unspecified atom stereocenters. The molecule has 0 aliphatic heterocycles. The number of esters is 1. The average Bonchev–Trinajstić information content (AvgIpc) is 2.77. The molecule has 0 saturated heterocycles. The van der Waals surface area contributed by atoms with E-state index >= 15 is 0 Å². The van der Waals surface area contributed by atoms with Crippen molar-refractivity contribution in [1.29, 1.82) is 0 Å². The minimum Gasteiger partial charge on any atom is -0.489 e. The molecular formula is C27H42O3. The van der Waals surface area contributed by atoms with E-state index in [2.05, 4.69) is 19.6 Å². The molecule has 0 amide bonds. The topological polar surface area (TPSA) is 35.5 Å². The van der Waals surface area contributed by atoms with E-state index in [0.29, 0.717) is 13.0 Å². The Balaban J connectivity index is 1.75. The van der Waals surface area contributed by atoms with Crippen molar-refractivity contribution in [1.82, 2.24) is 0 Å². The predicted octanol–water partition coefficient (Wildman–Crippen LogP) is 7.74. The molecular weight excluding hydrogens is 372 g/mol. The highest BCUT2D eigenvalue weighted by atomic mass is 16.5. The number of benzene rings is 1. The van der Waals surface area contributed by atoms with Crippen LogP contribution in [-0.2, 0) is 9.53 Å². The number of hydrogen-bond donors (Lipinski definition) is 0. The van der Waals surface area contributed by atoms with E-state index in [0.717, 1.165) is 37.9 Å². The lowest BCUT2D eigenvalue weighted by Gasteiger charge is -2.32. The van der Waals surface area contributed by atoms with E-state index in [1.165, 1.54) is 56.9 Å². The lowest BCUT2D eigenvalue weighted by molar-refractivity contribution is -0.151. The van der Waals surface area contributed by atoms with Gasteiger partial charge in [0.25, 0.3) is 0 Å². The zero-order valence-corrected chi connectivity index (χ0v) is 19.1. The van der Waals surface area contributed by atoms with E-state index < -0.39 is 0 Å². The second-order valence-electron chi connectivity index (χ2n) is 8.64. The summed E-state index contributed by atoms with van der Waals surface area (Å²) in [4.78, 5) is 12.5. The Kier molecular flexibility index (Phi) is 12.3. The molecule has 1 aromatic carbocycles. The van der Waals surface area contributed by atoms with Crippen molar-refractivity contribution in [2.24, 2.45) is 0 Å². The summed E-state index contributed by atoms with van der Waals surface area (Å²) in [5.41, 5.74) is 1.17. The van der Waals surface area contributed by atoms with Crippen LogP contribution in [0, 0.1) is 0 Å². The van der Waals surface area contributed by atoms with Gasteiger partial charge in [-0.15, -0.1) is 0 Å². The number of carbonyl (C=O) groups excluding carboxylic acids is 1. The fraction of sp³-hybridized carbons (Fsp3) is 0.667. The number of unbranched alkanes of at least 4 members (excludes halogenated alkanes) is 8. The monoisotopic (exact) mass is 414 g/mol. The Bertz CT molecular complexity index is 610. The molecule has 1 saturated carbocycles. The Morgan fingerprint density at radius 1 is 1.00 bits per heavy atom. The first kappa shape index (κ1) is 24.5. The van der Waals surface area contributed by atoms with Crippen molar-refractivity contribution in [2.45, 2.75) is 109 Å². The van der Waals surface area contributed by atoms with Crippen LogP contribution in [0.5, 0.6) is 5.75 Å². The summed E-state index contributed by atoms with van der Waals surface area (Å²) in [6, 6.07) is 8.17. The Morgan fingerprint density at radius 2 is 1.67 bits per heavy atom. The number of ether oxygens (including phenoxy) is 2. The average molecular weight is 415 g/mol. The summed E-state index contributed by atoms with van der Waals surface area (Å²) < 4.78 is 11.8. The summed E-state index contributed by atoms with van der Waals surface area (Å²) in [6.45, 7) is 6.49. The maximum absolute atomic E-state index is 12.5. The van der Waals surface area contributed by atoms with Gasteiger partial charge in [-0.2, -0.15) is 0 Å². The van der Waals surface area contributed by atoms with Crippen LogP contribution in [-0.4, -0.2) is 18.7 Å². The highest BCUT2D eigenvalue weighted by Crippen LogP contribution is 2.39. The van der Waals surface area contributed by atoms with Crippen LogP contribution in [0.2, 0.25) is 0 Å². The summed E-state index contributed by atoms with van der Waals surface area (Å²) in [5.74, 6) is 1.09. The van der Waals surface area contributed by atoms with Crippen molar-refractivity contribution in [3.8, 4) is 5.75 Å². The predicted molar refractivity (Wildman–Crippen MR) is 125 cm³/mol. The lowest BCUT2D eigenvalue weighted by atomic mass is 9.81. The van der Waals surface area contributed by atoms with Crippen LogP contribution in [0.15, 0.2) is 36.9 Å². The maximum Gasteiger partial charge on any atom is 0.306 e. The molecule has 1 aromatic rings. The first-order valence-electron chi connectivity index (χ1n) is 12.3. The van der Waals surface area contributed by atoms with E-state index in [1.807, 2.05) is 18.2 Å². The molecule has 3 nitrogen and oxygen atoms in total. The van der Waals surface area contributed by atoms with Gasteiger partial charge in [-0.05, 0) is 31.7 Å². The minimum absolute atomic E-state index is 0.0284. The van der Waals surface area contributed by atoms with Crippen molar-refractivity contribution in [3.05, 3.63) is 42.5 Å². The number of rotatable bonds is 15. The molecule has 2 rings (SSSR count). The SMILES string of the molecule is C=CCOc1ccccc1[C@H]1CCCC[C@@H]1OC(=O)CCCCCCCCCCC. The molecule has 2 atom stereocenters. The minimum atomic E-state index is -0.0294. The van der Waals surface area contributed by atoms with Gasteiger partial charge >= 0.3 is 5.97 Å². The maximum atomic E-state index is 12.5. The summed E-state index contributed by atoms with van der Waals surface area (Å²) in [6.07, 6.45) is 17.9. The first-order valence-corrected chi connectivity index (χ1v) is 12.3. The molecule has 1 fully saturated rings. The van der Waals surface area contributed by atoms with E-state index in [9.17, 15) is 4.79 Å². The lowest BCUT2D eigenvalue weighted by Crippen LogP contribution is -2.29. The Morgan fingerprint density at radius 3 is 2.40 bits per heavy atom. The molecule has 0 bridgehead atoms. The van der Waals surface area contributed by atoms with Crippen molar-refractivity contribution >= 4 is 5.97 Å². The second-order valence-corrected chi connectivity index (χ2v) is 8.64. The molecule has 0 aromatic heterocycles. The molecule has 0 radical (unpaired) electrons. The van der Waals surface area contributed by atoms with Crippen molar-refractivity contribution in [3.63, 3.8) is 0 Å². The summed E-state index contributed by atoms with van der Waals surface area (Å²) in [5, 5.41) is 0. The van der Waals surface area contributed by atoms with Crippen LogP contribution in [0.1, 0.15) is 108 Å². The highest BCUT2D eigenvalue weighted by molar-refractivity contribution is 5.69. The van der Waals surface area contributed by atoms with Gasteiger partial charge in [-0.3, -0.25) is 4.79 Å². The fourth-order valence-corrected chi connectivity index (χ4v) is 4.47. The summed E-state index contributed by atoms with van der Waals surface area (Å²) >= 11 is 0. The van der Waals surface area contributed by atoms with Crippen molar-refractivity contribution in [2.75, 3.05) is 6.61 Å². The van der Waals surface area contributed by atoms with E-state index in [1.54, 1.807) is 6.08 Å². The van der Waals surface area contributed by atoms with Crippen LogP contribution in [0.4, 0.5) is 0 Å². The first-order chi connectivity index (χ1) is 14.8. The quantitative estimate of drug-likeness (QED) is 0.167. The number of carbonyl (C=O) groups is 1. The highest BCUT2D eigenvalue weighted by Gasteiger charge is 2.31. The van der Waals surface area contributed by atoms with Crippen LogP contribution in [0.3, 0.4) is 0 Å². The Labute approximate surface area is 184 Å². The molecule has 0 spiro atoms. The smallest absolute Gasteiger partial charge is 0.306 e. The molecule has 30 heavy (non-hydrogen) atoms. The van der Waals surface area contributed by atoms with E-state index in [4.69, 9.17) is 9.47 Å². The number of para-hydroxylation sites is 1. The Hall–Kier alpha value is -1.77. The van der Waals surface area contributed by atoms with Crippen LogP contribution >= 0.6 is 0 Å². The van der Waals surface area contributed by atoms with Gasteiger partial charge in [0, 0.05) is 17.9 Å². The third-order valence-corrected chi connectivity index (χ3v) is 6.14. The van der Waals surface area contributed by atoms with Crippen molar-refractivity contribution < 1.29 is 14.3 Å². The van der Waals surface area contributed by atoms with Gasteiger partial charge in [0.1, 0.15) is 18.5 Å². The van der Waals surface area contributed by atoms with Gasteiger partial charge in [-0.1, -0.05) is 95.6 Å². The van der Waals surface area contributed by atoms with E-state index in [-0.39, 0.29) is 18.0 Å². The molecule has 0 heterocycles. The third-order valence-electron chi connectivity index (χ3n) is 6.14. The van der Waals surface area contributed by atoms with Gasteiger partial charge < -0.3 is 9.47 Å². The summed E-state index contributed by atoms with van der Waals surface area (Å²) in [7, 11) is 0. The number of hydrogen-bond acceptors (Lipinski definition) is 3. The van der Waals surface area contributed by atoms with Gasteiger partial charge in [0.05, 0.1) is 0 Å². The van der Waals surface area contributed by atoms with Crippen LogP contribution < -0.4 is 4.74 Å². The zero-order chi connectivity index (χ0) is 21.4. The third kappa shape index (κ3) is 8.93. The zero-order valence-electron chi connectivity index (χ0n) is 19.1. The molecule has 3 heteroatoms. The molecule has 0 N–H and O–H groups in total. The normalized spacial score (nSPS) is 18.7. The molecule has 1 aliphatic carbocycles. The van der Waals surface area contributed by atoms with Gasteiger partial charge in [0.15, 0.2) is 0 Å². The largest absolute Gasteiger partial charge is 0.489 e. The van der Waals surface area contributed by atoms with Gasteiger partial charge in [-0.25, -0.2) is 0 Å². The second kappa shape index (κ2) is 15.1. The molecule has 1 aliphatic rings. The van der Waals surface area contributed by atoms with Gasteiger partial charge in [0.2, 0.25) is 0 Å².